The number of benzene rings is 1. The van der Waals surface area contributed by atoms with Crippen molar-refractivity contribution in [1.29, 1.82) is 0 Å². The summed E-state index contributed by atoms with van der Waals surface area (Å²) in [6.45, 7) is 0.876. The zero-order valence-corrected chi connectivity index (χ0v) is 12.1. The Labute approximate surface area is 117 Å². The molecule has 0 spiro atoms. The Morgan fingerprint density at radius 1 is 1.47 bits per heavy atom. The second kappa shape index (κ2) is 5.75. The number of hydrogen-bond acceptors (Lipinski definition) is 3. The highest BCUT2D eigenvalue weighted by Crippen LogP contribution is 2.27. The Kier molecular flexibility index (Phi) is 4.45. The predicted molar refractivity (Wildman–Crippen MR) is 72.3 cm³/mol. The molecule has 106 valence electrons. The number of sulfonamides is 1. The molecule has 1 saturated heterocycles. The molecule has 4 nitrogen and oxygen atoms in total. The third kappa shape index (κ3) is 3.08. The van der Waals surface area contributed by atoms with Crippen LogP contribution < -0.4 is 5.32 Å². The maximum Gasteiger partial charge on any atom is 0.244 e. The molecule has 0 radical (unpaired) electrons. The van der Waals surface area contributed by atoms with Crippen molar-refractivity contribution in [1.82, 2.24) is 9.62 Å². The summed E-state index contributed by atoms with van der Waals surface area (Å²) in [5.41, 5.74) is 0. The molecule has 1 N–H and O–H groups in total. The van der Waals surface area contributed by atoms with E-state index in [1.165, 1.54) is 10.4 Å². The minimum atomic E-state index is -3.66. The molecule has 0 saturated carbocycles. The molecule has 19 heavy (non-hydrogen) atoms. The molecule has 1 aromatic rings. The van der Waals surface area contributed by atoms with Gasteiger partial charge in [0, 0.05) is 19.1 Å². The second-order valence-electron chi connectivity index (χ2n) is 4.57. The normalized spacial score (nSPS) is 21.5. The van der Waals surface area contributed by atoms with Crippen molar-refractivity contribution in [3.8, 4) is 0 Å². The lowest BCUT2D eigenvalue weighted by Crippen LogP contribution is -2.46. The highest BCUT2D eigenvalue weighted by molar-refractivity contribution is 7.89. The summed E-state index contributed by atoms with van der Waals surface area (Å²) in [5.74, 6) is -0.546. The lowest BCUT2D eigenvalue weighted by atomic mass is 10.1. The summed E-state index contributed by atoms with van der Waals surface area (Å²) >= 11 is 5.84. The summed E-state index contributed by atoms with van der Waals surface area (Å²) < 4.78 is 39.3. The minimum absolute atomic E-state index is 0.0349. The molecule has 0 amide bonds. The van der Waals surface area contributed by atoms with E-state index in [9.17, 15) is 12.8 Å². The largest absolute Gasteiger partial charge is 0.316 e. The fourth-order valence-corrected chi connectivity index (χ4v) is 4.25. The number of halogens is 2. The van der Waals surface area contributed by atoms with Crippen molar-refractivity contribution in [2.24, 2.45) is 0 Å². The van der Waals surface area contributed by atoms with Gasteiger partial charge < -0.3 is 5.32 Å². The van der Waals surface area contributed by atoms with Gasteiger partial charge in [0.2, 0.25) is 10.0 Å². The van der Waals surface area contributed by atoms with Crippen molar-refractivity contribution in [2.75, 3.05) is 20.1 Å². The van der Waals surface area contributed by atoms with E-state index in [2.05, 4.69) is 5.32 Å². The Hall–Kier alpha value is -0.690. The molecular formula is C12H16ClFN2O2S. The number of likely N-dealkylation sites (N-methyl/N-ethyl adjacent to an activating group) is 1. The van der Waals surface area contributed by atoms with Gasteiger partial charge in [0.1, 0.15) is 10.7 Å². The average Bonchev–Trinajstić information content (AvgIpc) is 2.38. The van der Waals surface area contributed by atoms with Crippen LogP contribution in [0.3, 0.4) is 0 Å². The van der Waals surface area contributed by atoms with Crippen molar-refractivity contribution < 1.29 is 12.8 Å². The Balaban J connectivity index is 2.31. The number of nitrogens with one attached hydrogen (secondary N) is 1. The average molecular weight is 307 g/mol. The Morgan fingerprint density at radius 2 is 2.21 bits per heavy atom. The third-order valence-electron chi connectivity index (χ3n) is 3.30. The van der Waals surface area contributed by atoms with Gasteiger partial charge in [-0.2, -0.15) is 4.31 Å². The van der Waals surface area contributed by atoms with Crippen LogP contribution >= 0.6 is 11.6 Å². The van der Waals surface area contributed by atoms with Gasteiger partial charge in [0.05, 0.1) is 5.02 Å². The minimum Gasteiger partial charge on any atom is -0.316 e. The van der Waals surface area contributed by atoms with E-state index in [4.69, 9.17) is 11.6 Å². The van der Waals surface area contributed by atoms with Gasteiger partial charge in [-0.25, -0.2) is 12.8 Å². The zero-order valence-electron chi connectivity index (χ0n) is 10.6. The quantitative estimate of drug-likeness (QED) is 0.927. The Morgan fingerprint density at radius 3 is 2.84 bits per heavy atom. The van der Waals surface area contributed by atoms with Gasteiger partial charge in [0.15, 0.2) is 0 Å². The molecule has 1 aromatic carbocycles. The molecule has 7 heteroatoms. The number of rotatable bonds is 3. The van der Waals surface area contributed by atoms with Gasteiger partial charge >= 0.3 is 0 Å². The van der Waals surface area contributed by atoms with Crippen molar-refractivity contribution >= 4 is 21.6 Å². The van der Waals surface area contributed by atoms with E-state index in [0.717, 1.165) is 25.0 Å². The van der Waals surface area contributed by atoms with Gasteiger partial charge in [-0.05, 0) is 38.1 Å². The summed E-state index contributed by atoms with van der Waals surface area (Å²) in [7, 11) is -1.85. The first-order valence-electron chi connectivity index (χ1n) is 6.07. The van der Waals surface area contributed by atoms with E-state index in [-0.39, 0.29) is 16.0 Å². The van der Waals surface area contributed by atoms with Crippen LogP contribution in [0.25, 0.3) is 0 Å². The van der Waals surface area contributed by atoms with Crippen LogP contribution in [-0.4, -0.2) is 38.9 Å². The Bertz CT molecular complexity index is 565. The van der Waals surface area contributed by atoms with Crippen LogP contribution in [-0.2, 0) is 10.0 Å². The van der Waals surface area contributed by atoms with E-state index >= 15 is 0 Å². The first-order chi connectivity index (χ1) is 8.95. The van der Waals surface area contributed by atoms with Crippen molar-refractivity contribution in [3.05, 3.63) is 29.0 Å². The highest BCUT2D eigenvalue weighted by atomic mass is 35.5. The van der Waals surface area contributed by atoms with Crippen molar-refractivity contribution in [3.63, 3.8) is 0 Å². The van der Waals surface area contributed by atoms with E-state index in [1.807, 2.05) is 7.05 Å². The maximum absolute atomic E-state index is 13.0. The van der Waals surface area contributed by atoms with Crippen LogP contribution in [0, 0.1) is 5.82 Å². The molecule has 0 aromatic heterocycles. The molecule has 1 aliphatic heterocycles. The first-order valence-corrected chi connectivity index (χ1v) is 7.89. The van der Waals surface area contributed by atoms with Gasteiger partial charge in [-0.3, -0.25) is 0 Å². The molecular weight excluding hydrogens is 291 g/mol. The topological polar surface area (TPSA) is 49.4 Å². The monoisotopic (exact) mass is 306 g/mol. The van der Waals surface area contributed by atoms with Crippen LogP contribution in [0.15, 0.2) is 23.1 Å². The fourth-order valence-electron chi connectivity index (χ4n) is 2.22. The zero-order chi connectivity index (χ0) is 14.0. The smallest absolute Gasteiger partial charge is 0.244 e. The molecule has 0 aliphatic carbocycles. The number of piperidine rings is 1. The second-order valence-corrected chi connectivity index (χ2v) is 6.88. The number of hydrogen-bond donors (Lipinski definition) is 1. The van der Waals surface area contributed by atoms with E-state index in [0.29, 0.717) is 13.1 Å². The predicted octanol–water partition coefficient (Wildman–Crippen LogP) is 1.85. The molecule has 2 rings (SSSR count). The molecule has 1 unspecified atom stereocenters. The molecule has 1 atom stereocenters. The van der Waals surface area contributed by atoms with E-state index < -0.39 is 15.8 Å². The standard InChI is InChI=1S/C12H16ClFN2O2S/c1-15-10-3-2-6-16(8-10)19(17,18)12-5-4-9(14)7-11(12)13/h4-5,7,10,15H,2-3,6,8H2,1H3. The van der Waals surface area contributed by atoms with Crippen molar-refractivity contribution in [2.45, 2.75) is 23.8 Å². The van der Waals surface area contributed by atoms with Gasteiger partial charge in [-0.15, -0.1) is 0 Å². The number of nitrogens with zero attached hydrogens (tertiary/aromatic N) is 1. The fraction of sp³-hybridized carbons (Fsp3) is 0.500. The third-order valence-corrected chi connectivity index (χ3v) is 5.65. The molecule has 1 heterocycles. The first kappa shape index (κ1) is 14.7. The molecule has 1 fully saturated rings. The van der Waals surface area contributed by atoms with E-state index in [1.54, 1.807) is 0 Å². The summed E-state index contributed by atoms with van der Waals surface area (Å²) in [5, 5.41) is 3.00. The van der Waals surface area contributed by atoms with Gasteiger partial charge in [-0.1, -0.05) is 11.6 Å². The molecule has 1 aliphatic rings. The lowest BCUT2D eigenvalue weighted by Gasteiger charge is -2.31. The lowest BCUT2D eigenvalue weighted by molar-refractivity contribution is 0.293. The van der Waals surface area contributed by atoms with Crippen LogP contribution in [0.4, 0.5) is 4.39 Å². The molecule has 0 bridgehead atoms. The maximum atomic E-state index is 13.0. The van der Waals surface area contributed by atoms with Crippen LogP contribution in [0.5, 0.6) is 0 Å². The summed E-state index contributed by atoms with van der Waals surface area (Å²) in [6.07, 6.45) is 1.74. The van der Waals surface area contributed by atoms with Crippen LogP contribution in [0.2, 0.25) is 5.02 Å². The summed E-state index contributed by atoms with van der Waals surface area (Å²) in [4.78, 5) is -0.0349. The summed E-state index contributed by atoms with van der Waals surface area (Å²) in [6, 6.07) is 3.49. The highest BCUT2D eigenvalue weighted by Gasteiger charge is 2.31. The SMILES string of the molecule is CNC1CCCN(S(=O)(=O)c2ccc(F)cc2Cl)C1. The van der Waals surface area contributed by atoms with Crippen LogP contribution in [0.1, 0.15) is 12.8 Å². The van der Waals surface area contributed by atoms with Gasteiger partial charge in [0.25, 0.3) is 0 Å².